The number of nitrogens with zero attached hydrogens (tertiary/aromatic N) is 1. The average molecular weight is 381 g/mol. The molecule has 0 saturated carbocycles. The lowest BCUT2D eigenvalue weighted by molar-refractivity contribution is -0.121. The molecule has 0 aliphatic carbocycles. The number of benzene rings is 2. The van der Waals surface area contributed by atoms with E-state index in [1.54, 1.807) is 18.2 Å². The van der Waals surface area contributed by atoms with Gasteiger partial charge in [-0.15, -0.1) is 0 Å². The molecule has 1 saturated heterocycles. The van der Waals surface area contributed by atoms with Gasteiger partial charge in [0.15, 0.2) is 0 Å². The van der Waals surface area contributed by atoms with Gasteiger partial charge < -0.3 is 5.32 Å². The maximum absolute atomic E-state index is 13.0. The van der Waals surface area contributed by atoms with Gasteiger partial charge in [0.25, 0.3) is 0 Å². The summed E-state index contributed by atoms with van der Waals surface area (Å²) in [4.78, 5) is 14.7. The summed E-state index contributed by atoms with van der Waals surface area (Å²) in [6.07, 6.45) is 1.80. The van der Waals surface area contributed by atoms with Crippen LogP contribution in [0.2, 0.25) is 10.0 Å². The molecule has 1 fully saturated rings. The second kappa shape index (κ2) is 8.17. The second-order valence-corrected chi connectivity index (χ2v) is 7.15. The van der Waals surface area contributed by atoms with E-state index in [0.717, 1.165) is 24.9 Å². The molecule has 25 heavy (non-hydrogen) atoms. The topological polar surface area (TPSA) is 32.3 Å². The Morgan fingerprint density at radius 3 is 2.68 bits per heavy atom. The summed E-state index contributed by atoms with van der Waals surface area (Å²) in [5.41, 5.74) is 1.62. The summed E-state index contributed by atoms with van der Waals surface area (Å²) in [5, 5.41) is 4.12. The second-order valence-electron chi connectivity index (χ2n) is 6.31. The lowest BCUT2D eigenvalue weighted by atomic mass is 9.96. The third-order valence-electron chi connectivity index (χ3n) is 4.40. The van der Waals surface area contributed by atoms with Gasteiger partial charge in [-0.1, -0.05) is 29.3 Å². The average Bonchev–Trinajstić information content (AvgIpc) is 2.60. The molecule has 1 aliphatic heterocycles. The van der Waals surface area contributed by atoms with Gasteiger partial charge >= 0.3 is 0 Å². The van der Waals surface area contributed by atoms with Crippen molar-refractivity contribution in [1.29, 1.82) is 0 Å². The van der Waals surface area contributed by atoms with Crippen LogP contribution in [0.25, 0.3) is 0 Å². The van der Waals surface area contributed by atoms with Crippen LogP contribution in [0.5, 0.6) is 0 Å². The molecular weight excluding hydrogens is 362 g/mol. The summed E-state index contributed by atoms with van der Waals surface area (Å²) in [6.45, 7) is 2.29. The molecule has 0 aromatic heterocycles. The first-order chi connectivity index (χ1) is 12.0. The number of hydrogen-bond donors (Lipinski definition) is 1. The van der Waals surface area contributed by atoms with Crippen molar-refractivity contribution in [2.75, 3.05) is 18.4 Å². The van der Waals surface area contributed by atoms with Crippen molar-refractivity contribution in [3.8, 4) is 0 Å². The Bertz CT molecular complexity index is 752. The van der Waals surface area contributed by atoms with Crippen LogP contribution in [-0.2, 0) is 11.3 Å². The first-order valence-electron chi connectivity index (χ1n) is 8.24. The van der Waals surface area contributed by atoms with Crippen LogP contribution in [-0.4, -0.2) is 23.9 Å². The third-order valence-corrected chi connectivity index (χ3v) is 4.98. The number of amides is 1. The quantitative estimate of drug-likeness (QED) is 0.810. The Morgan fingerprint density at radius 1 is 1.20 bits per heavy atom. The molecule has 1 N–H and O–H groups in total. The number of halogens is 3. The van der Waals surface area contributed by atoms with Gasteiger partial charge in [-0.05, 0) is 61.3 Å². The fourth-order valence-corrected chi connectivity index (χ4v) is 3.55. The molecule has 3 rings (SSSR count). The molecule has 1 heterocycles. The smallest absolute Gasteiger partial charge is 0.228 e. The highest BCUT2D eigenvalue weighted by molar-refractivity contribution is 6.35. The predicted octanol–water partition coefficient (Wildman–Crippen LogP) is 4.98. The molecule has 2 aromatic carbocycles. The van der Waals surface area contributed by atoms with Crippen molar-refractivity contribution in [2.24, 2.45) is 5.92 Å². The number of anilines is 1. The van der Waals surface area contributed by atoms with E-state index in [1.165, 1.54) is 12.1 Å². The van der Waals surface area contributed by atoms with Gasteiger partial charge in [-0.25, -0.2) is 4.39 Å². The molecule has 1 aliphatic rings. The molecule has 2 aromatic rings. The number of rotatable bonds is 4. The van der Waals surface area contributed by atoms with E-state index in [9.17, 15) is 9.18 Å². The lowest BCUT2D eigenvalue weighted by Crippen LogP contribution is -2.40. The zero-order valence-corrected chi connectivity index (χ0v) is 15.2. The van der Waals surface area contributed by atoms with Gasteiger partial charge in [0.05, 0.1) is 5.92 Å². The predicted molar refractivity (Wildman–Crippen MR) is 99.5 cm³/mol. The van der Waals surface area contributed by atoms with Crippen molar-refractivity contribution in [1.82, 2.24) is 4.90 Å². The Kier molecular flexibility index (Phi) is 5.94. The van der Waals surface area contributed by atoms with Crippen LogP contribution in [0.15, 0.2) is 42.5 Å². The molecule has 0 bridgehead atoms. The lowest BCUT2D eigenvalue weighted by Gasteiger charge is -2.32. The maximum atomic E-state index is 13.0. The Hall–Kier alpha value is -1.62. The van der Waals surface area contributed by atoms with Gasteiger partial charge in [0.1, 0.15) is 5.82 Å². The van der Waals surface area contributed by atoms with Gasteiger partial charge in [0, 0.05) is 28.8 Å². The number of carbonyl (C=O) groups is 1. The monoisotopic (exact) mass is 380 g/mol. The van der Waals surface area contributed by atoms with E-state index >= 15 is 0 Å². The minimum atomic E-state index is -0.318. The van der Waals surface area contributed by atoms with Gasteiger partial charge in [-0.2, -0.15) is 0 Å². The number of likely N-dealkylation sites (tertiary alicyclic amines) is 1. The first-order valence-corrected chi connectivity index (χ1v) is 8.99. The van der Waals surface area contributed by atoms with Crippen LogP contribution in [0.3, 0.4) is 0 Å². The minimum absolute atomic E-state index is 0.0292. The van der Waals surface area contributed by atoms with E-state index in [0.29, 0.717) is 28.8 Å². The molecule has 3 nitrogen and oxygen atoms in total. The fourth-order valence-electron chi connectivity index (χ4n) is 3.08. The zero-order valence-electron chi connectivity index (χ0n) is 13.6. The zero-order chi connectivity index (χ0) is 17.8. The molecule has 132 valence electrons. The van der Waals surface area contributed by atoms with Crippen molar-refractivity contribution >= 4 is 34.8 Å². The summed E-state index contributed by atoms with van der Waals surface area (Å²) >= 11 is 12.2. The van der Waals surface area contributed by atoms with Crippen LogP contribution >= 0.6 is 23.2 Å². The van der Waals surface area contributed by atoms with Gasteiger partial charge in [-0.3, -0.25) is 9.69 Å². The summed E-state index contributed by atoms with van der Waals surface area (Å²) < 4.78 is 13.0. The van der Waals surface area contributed by atoms with Crippen LogP contribution < -0.4 is 5.32 Å². The summed E-state index contributed by atoms with van der Waals surface area (Å²) in [5.74, 6) is -0.440. The van der Waals surface area contributed by atoms with E-state index in [2.05, 4.69) is 10.2 Å². The van der Waals surface area contributed by atoms with Crippen molar-refractivity contribution in [2.45, 2.75) is 19.4 Å². The standard InChI is InChI=1S/C19H19Cl2FN2O/c20-15-4-3-13(18(21)10-15)11-24-9-1-2-14(12-24)19(25)23-17-7-5-16(22)6-8-17/h3-8,10,14H,1-2,9,11-12H2,(H,23,25). The number of nitrogens with one attached hydrogen (secondary N) is 1. The van der Waals surface area contributed by atoms with E-state index < -0.39 is 0 Å². The summed E-state index contributed by atoms with van der Waals surface area (Å²) in [6, 6.07) is 11.3. The minimum Gasteiger partial charge on any atom is -0.326 e. The molecule has 0 radical (unpaired) electrons. The van der Waals surface area contributed by atoms with Crippen LogP contribution in [0.1, 0.15) is 18.4 Å². The maximum Gasteiger partial charge on any atom is 0.228 e. The molecule has 6 heteroatoms. The molecule has 1 atom stereocenters. The highest BCUT2D eigenvalue weighted by Crippen LogP contribution is 2.25. The summed E-state index contributed by atoms with van der Waals surface area (Å²) in [7, 11) is 0. The number of piperidine rings is 1. The van der Waals surface area contributed by atoms with Crippen molar-refractivity contribution < 1.29 is 9.18 Å². The van der Waals surface area contributed by atoms with E-state index in [1.807, 2.05) is 12.1 Å². The highest BCUT2D eigenvalue weighted by Gasteiger charge is 2.26. The molecule has 0 spiro atoms. The van der Waals surface area contributed by atoms with E-state index in [4.69, 9.17) is 23.2 Å². The Labute approximate surface area is 156 Å². The van der Waals surface area contributed by atoms with Crippen LogP contribution in [0, 0.1) is 11.7 Å². The van der Waals surface area contributed by atoms with Crippen molar-refractivity contribution in [3.05, 3.63) is 63.9 Å². The van der Waals surface area contributed by atoms with Crippen LogP contribution in [0.4, 0.5) is 10.1 Å². The normalized spacial score (nSPS) is 18.1. The molecular formula is C19H19Cl2FN2O. The Morgan fingerprint density at radius 2 is 1.96 bits per heavy atom. The third kappa shape index (κ3) is 4.94. The number of carbonyl (C=O) groups excluding carboxylic acids is 1. The number of hydrogen-bond acceptors (Lipinski definition) is 2. The highest BCUT2D eigenvalue weighted by atomic mass is 35.5. The molecule has 1 unspecified atom stereocenters. The van der Waals surface area contributed by atoms with Crippen molar-refractivity contribution in [3.63, 3.8) is 0 Å². The first kappa shape index (κ1) is 18.2. The van der Waals surface area contributed by atoms with Gasteiger partial charge in [0.2, 0.25) is 5.91 Å². The largest absolute Gasteiger partial charge is 0.326 e. The van der Waals surface area contributed by atoms with E-state index in [-0.39, 0.29) is 17.6 Å². The SMILES string of the molecule is O=C(Nc1ccc(F)cc1)C1CCCN(Cc2ccc(Cl)cc2Cl)C1. The Balaban J connectivity index is 1.60. The molecule has 1 amide bonds. The fraction of sp³-hybridized carbons (Fsp3) is 0.316.